The highest BCUT2D eigenvalue weighted by Crippen LogP contribution is 2.56. The van der Waals surface area contributed by atoms with E-state index in [-0.39, 0.29) is 77.4 Å². The number of amides is 3. The number of rotatable bonds is 8. The van der Waals surface area contributed by atoms with Crippen molar-refractivity contribution in [1.82, 2.24) is 9.80 Å². The Morgan fingerprint density at radius 2 is 1.13 bits per heavy atom. The fourth-order valence-electron chi connectivity index (χ4n) is 13.5. The number of fused-ring (bicyclic) bond motifs is 9. The van der Waals surface area contributed by atoms with Crippen LogP contribution < -0.4 is 22.5 Å². The first kappa shape index (κ1) is 60.9. The smallest absolute Gasteiger partial charge is 0.442 e. The molecule has 0 spiro atoms. The number of aromatic hydroxyl groups is 2. The van der Waals surface area contributed by atoms with Gasteiger partial charge in [-0.05, 0) is 142 Å². The second-order valence-electron chi connectivity index (χ2n) is 22.3. The highest BCUT2D eigenvalue weighted by molar-refractivity contribution is 7.81. The molecule has 5 unspecified atom stereocenters. The van der Waals surface area contributed by atoms with E-state index in [9.17, 15) is 74.4 Å². The second-order valence-corrected chi connectivity index (χ2v) is 23.2. The maximum atomic E-state index is 13.7. The fraction of sp³-hybridized carbons (Fsp3) is 0.333. The number of nitrogens with two attached hydrogens (primary N) is 3. The number of isothiocyanates is 1. The Morgan fingerprint density at radius 3 is 1.55 bits per heavy atom. The molecule has 0 bridgehead atoms. The van der Waals surface area contributed by atoms with Crippen molar-refractivity contribution in [3.8, 4) is 22.6 Å². The van der Waals surface area contributed by atoms with Crippen LogP contribution in [-0.2, 0) is 46.3 Å². The molecule has 2 saturated carbocycles. The van der Waals surface area contributed by atoms with Crippen molar-refractivity contribution in [3.05, 3.63) is 140 Å². The maximum absolute atomic E-state index is 13.7. The van der Waals surface area contributed by atoms with Gasteiger partial charge in [-0.2, -0.15) is 12.6 Å². The lowest BCUT2D eigenvalue weighted by Crippen LogP contribution is -2.65. The first-order valence-corrected chi connectivity index (χ1v) is 27.6. The molecule has 0 aromatic heterocycles. The van der Waals surface area contributed by atoms with Gasteiger partial charge in [0.2, 0.25) is 11.6 Å². The summed E-state index contributed by atoms with van der Waals surface area (Å²) in [6, 6.07) is 19.9. The van der Waals surface area contributed by atoms with E-state index in [2.05, 4.69) is 59.4 Å². The summed E-state index contributed by atoms with van der Waals surface area (Å²) in [5.41, 5.74) is 16.0. The van der Waals surface area contributed by atoms with Crippen molar-refractivity contribution >= 4 is 93.9 Å². The van der Waals surface area contributed by atoms with Crippen LogP contribution in [0.15, 0.2) is 112 Å². The highest BCUT2D eigenvalue weighted by atomic mass is 32.1. The Kier molecular flexibility index (Phi) is 16.3. The molecule has 25 heteroatoms. The molecular formula is C60H61N7O16S2. The van der Waals surface area contributed by atoms with Crippen LogP contribution in [0.4, 0.5) is 16.2 Å². The first-order chi connectivity index (χ1) is 40.0. The van der Waals surface area contributed by atoms with Gasteiger partial charge >= 0.3 is 6.09 Å². The van der Waals surface area contributed by atoms with E-state index >= 15 is 0 Å². The average molecular weight is 1200 g/mol. The molecule has 7 aliphatic rings. The minimum absolute atomic E-state index is 0.0173. The number of primary amides is 2. The Hall–Kier alpha value is -8.68. The fourth-order valence-corrected chi connectivity index (χ4v) is 13.7. The van der Waals surface area contributed by atoms with E-state index in [0.717, 1.165) is 0 Å². The van der Waals surface area contributed by atoms with Gasteiger partial charge < -0.3 is 68.1 Å². The number of aliphatic imine (C=N–C) groups is 1. The standard InChI is InChI=1S/C23H27N3O7S.C21H23N3O7.C16H11NO2S/c1-8(34)25-12-4-5-13(27)15-10(12)6-9-7-11-17(26(2)3)19(29)16(22(24)32)21(31)23(11,33)20(30)14(9)18(15)28;1-24(2)15-9-6-7-5-8-10(22)3-4-11(25)13(8)16(26)12(7)18(28)21(9,31)19(29)14(17(15)27)20(23)30;18-16(17-10-20)19-9-15-13-7-3-1-5-11(13)12-6-2-4-8-14(12)15/h4-5,8-9,11,17,25,27-28,31,33-34H,6-7H2,1-3H3,(H2,24,32);3-4,7,9,15,25-26,29,31H,5-6,22H2,1-2H3,(H2,23,30);1-8,15H,9H2/t8?,9?,11?,17-,23-;7?,9?,15-,21-;/m00./s1. The van der Waals surface area contributed by atoms with Gasteiger partial charge in [0.05, 0.1) is 33.7 Å². The van der Waals surface area contributed by atoms with Crippen LogP contribution in [-0.4, -0.2) is 160 Å². The number of nitrogens with zero attached hydrogens (tertiary/aromatic N) is 3. The molecule has 444 valence electrons. The van der Waals surface area contributed by atoms with Gasteiger partial charge in [0.1, 0.15) is 52.3 Å². The zero-order valence-electron chi connectivity index (χ0n) is 46.4. The van der Waals surface area contributed by atoms with Crippen molar-refractivity contribution in [2.24, 2.45) is 40.1 Å². The number of nitrogens with one attached hydrogen (secondary N) is 1. The number of carbonyl (C=O) groups excluding carboxylic acids is 7. The number of Topliss-reactive ketones (excluding diaryl/α,β-unsaturated/α-hetero) is 4. The van der Waals surface area contributed by atoms with E-state index in [0.29, 0.717) is 22.5 Å². The largest absolute Gasteiger partial charge is 0.508 e. The number of anilines is 2. The Bertz CT molecular complexity index is 3740. The van der Waals surface area contributed by atoms with Crippen LogP contribution in [0.25, 0.3) is 22.6 Å². The third-order valence-electron chi connectivity index (χ3n) is 17.1. The molecule has 2 fully saturated rings. The average Bonchev–Trinajstić information content (AvgIpc) is 1.43. The van der Waals surface area contributed by atoms with Crippen LogP contribution in [0.5, 0.6) is 11.5 Å². The number of benzene rings is 4. The van der Waals surface area contributed by atoms with E-state index in [1.54, 1.807) is 41.2 Å². The minimum atomic E-state index is -2.64. The van der Waals surface area contributed by atoms with E-state index in [1.807, 2.05) is 29.4 Å². The van der Waals surface area contributed by atoms with Crippen molar-refractivity contribution < 1.29 is 79.2 Å². The number of ether oxygens (including phenoxy) is 1. The third-order valence-corrected chi connectivity index (χ3v) is 17.3. The second kappa shape index (κ2) is 22.7. The number of hydrogen-bond donors (Lipinski definition) is 13. The number of phenols is 2. The number of hydrogen-bond acceptors (Lipinski definition) is 22. The van der Waals surface area contributed by atoms with Crippen LogP contribution in [0.3, 0.4) is 0 Å². The number of aliphatic hydroxyl groups excluding tert-OH is 4. The lowest BCUT2D eigenvalue weighted by atomic mass is 9.57. The zero-order chi connectivity index (χ0) is 62.2. The molecule has 15 N–H and O–H groups in total. The number of thiocarbonyl (C=S) groups is 1. The van der Waals surface area contributed by atoms with Gasteiger partial charge in [-0.1, -0.05) is 48.5 Å². The molecule has 4 aromatic carbocycles. The molecule has 0 saturated heterocycles. The summed E-state index contributed by atoms with van der Waals surface area (Å²) in [7, 11) is 6.20. The maximum Gasteiger partial charge on any atom is 0.442 e. The molecule has 4 aromatic rings. The van der Waals surface area contributed by atoms with Crippen LogP contribution >= 0.6 is 24.8 Å². The summed E-state index contributed by atoms with van der Waals surface area (Å²) < 4.78 is 5.15. The molecule has 7 aliphatic carbocycles. The summed E-state index contributed by atoms with van der Waals surface area (Å²) in [6.45, 7) is 2.06. The van der Waals surface area contributed by atoms with E-state index < -0.39 is 122 Å². The molecule has 0 heterocycles. The predicted molar refractivity (Wildman–Crippen MR) is 315 cm³/mol. The van der Waals surface area contributed by atoms with Crippen LogP contribution in [0, 0.1) is 23.7 Å². The SMILES string of the molecule is CC(S)Nc1ccc(O)c2c1CC1CC3[C@H](N(C)C)C(=O)C(C(N)=O)=C(O)[C@@]3(O)C(=O)C1=C2O.CN(C)[C@@H]1C(=O)C(C(N)=O)=C(O)[C@@]2(O)C(=O)C3=C(O)c4c(O)ccc(N)c4CC3CC12.O=C(N=C=S)OCC1c2ccccc2-c2ccccc21. The summed E-state index contributed by atoms with van der Waals surface area (Å²) in [5, 5.41) is 92.2. The van der Waals surface area contributed by atoms with Gasteiger partial charge in [0.25, 0.3) is 11.8 Å². The molecule has 9 atom stereocenters. The molecule has 0 radical (unpaired) electrons. The zero-order valence-corrected chi connectivity index (χ0v) is 48.1. The molecule has 11 rings (SSSR count). The third kappa shape index (κ3) is 9.79. The predicted octanol–water partition coefficient (Wildman–Crippen LogP) is 4.24. The van der Waals surface area contributed by atoms with Crippen molar-refractivity contribution in [3.63, 3.8) is 0 Å². The van der Waals surface area contributed by atoms with Gasteiger partial charge in [-0.15, -0.1) is 4.99 Å². The number of phenolic OH excluding ortho intramolecular Hbond substituents is 2. The number of ketones is 4. The summed E-state index contributed by atoms with van der Waals surface area (Å²) >= 11 is 8.72. The molecule has 85 heavy (non-hydrogen) atoms. The van der Waals surface area contributed by atoms with Crippen molar-refractivity contribution in [2.75, 3.05) is 45.8 Å². The first-order valence-electron chi connectivity index (χ1n) is 26.7. The lowest BCUT2D eigenvalue weighted by molar-refractivity contribution is -0.155. The minimum Gasteiger partial charge on any atom is -0.508 e. The molecule has 23 nitrogen and oxygen atoms in total. The number of aliphatic hydroxyl groups is 6. The molecular weight excluding hydrogens is 1140 g/mol. The van der Waals surface area contributed by atoms with Crippen molar-refractivity contribution in [2.45, 2.75) is 67.2 Å². The van der Waals surface area contributed by atoms with E-state index in [1.165, 1.54) is 50.3 Å². The van der Waals surface area contributed by atoms with Crippen LogP contribution in [0.1, 0.15) is 59.1 Å². The van der Waals surface area contributed by atoms with Gasteiger partial charge in [0, 0.05) is 40.3 Å². The molecule has 3 amide bonds. The Balaban J connectivity index is 0.000000158. The normalized spacial score (nSPS) is 25.7. The van der Waals surface area contributed by atoms with Gasteiger partial charge in [-0.3, -0.25) is 38.6 Å². The lowest BCUT2D eigenvalue weighted by Gasteiger charge is -2.50. The monoisotopic (exact) mass is 1200 g/mol. The van der Waals surface area contributed by atoms with Crippen LogP contribution in [0.2, 0.25) is 0 Å². The van der Waals surface area contributed by atoms with Gasteiger partial charge in [0.15, 0.2) is 22.8 Å². The van der Waals surface area contributed by atoms with Gasteiger partial charge in [-0.25, -0.2) is 4.79 Å². The van der Waals surface area contributed by atoms with Crippen molar-refractivity contribution in [1.29, 1.82) is 0 Å². The summed E-state index contributed by atoms with van der Waals surface area (Å²) in [4.78, 5) is 94.7. The highest BCUT2D eigenvalue weighted by Gasteiger charge is 2.66. The number of likely N-dealkylation sites (N-methyl/N-ethyl adjacent to an activating group) is 2. The topological polar surface area (TPSA) is 399 Å². The number of carbonyl (C=O) groups is 7. The summed E-state index contributed by atoms with van der Waals surface area (Å²) in [5.74, 6) is -13.5. The summed E-state index contributed by atoms with van der Waals surface area (Å²) in [6.07, 6.45) is -0.236. The number of thiol groups is 1. The Labute approximate surface area is 496 Å². The number of nitrogen functional groups attached to an aromatic ring is 1. The van der Waals surface area contributed by atoms with E-state index in [4.69, 9.17) is 21.9 Å². The Morgan fingerprint density at radius 1 is 0.706 bits per heavy atom. The quantitative estimate of drug-likeness (QED) is 0.0223. The molecule has 0 aliphatic heterocycles.